The molecule has 3 aromatic rings. The average Bonchev–Trinajstić information content (AvgIpc) is 3.53. The van der Waals surface area contributed by atoms with Crippen LogP contribution in [0.1, 0.15) is 68.9 Å². The van der Waals surface area contributed by atoms with Gasteiger partial charge in [-0.05, 0) is 12.5 Å². The van der Waals surface area contributed by atoms with E-state index in [0.29, 0.717) is 42.8 Å². The van der Waals surface area contributed by atoms with Gasteiger partial charge in [-0.3, -0.25) is 9.35 Å². The molecular formula is C35H39I3N2O11S3Se. The maximum atomic E-state index is 12.8. The molecule has 1 aliphatic rings. The number of aromatic nitrogens is 1. The van der Waals surface area contributed by atoms with Crippen molar-refractivity contribution in [2.24, 2.45) is 0 Å². The maximum absolute atomic E-state index is 12.8. The van der Waals surface area contributed by atoms with Gasteiger partial charge in [-0.2, -0.15) is 8.42 Å². The molecule has 3 N–H and O–H groups in total. The summed E-state index contributed by atoms with van der Waals surface area (Å²) in [6.07, 6.45) is 14.0. The Hall–Kier alpha value is -1.22. The Morgan fingerprint density at radius 1 is 0.982 bits per heavy atom. The predicted octanol–water partition coefficient (Wildman–Crippen LogP) is 6.63. The van der Waals surface area contributed by atoms with Gasteiger partial charge >= 0.3 is 289 Å². The van der Waals surface area contributed by atoms with Crippen molar-refractivity contribution in [1.82, 2.24) is 0 Å². The summed E-state index contributed by atoms with van der Waals surface area (Å²) >= 11 is 6.87. The summed E-state index contributed by atoms with van der Waals surface area (Å²) < 4.78 is 112. The summed E-state index contributed by atoms with van der Waals surface area (Å²) in [5.41, 5.74) is 1.06. The third-order valence-electron chi connectivity index (χ3n) is 9.00. The summed E-state index contributed by atoms with van der Waals surface area (Å²) in [6.45, 7) is 3.94. The van der Waals surface area contributed by atoms with Gasteiger partial charge in [-0.25, -0.2) is 8.42 Å². The van der Waals surface area contributed by atoms with Crippen molar-refractivity contribution in [2.75, 3.05) is 10.7 Å². The number of hydrogen-bond donors (Lipinski definition) is 3. The number of hydrogen-bond acceptors (Lipinski definition) is 9. The van der Waals surface area contributed by atoms with Gasteiger partial charge in [0.15, 0.2) is 0 Å². The Kier molecular flexibility index (Phi) is 16.2. The first-order valence-corrected chi connectivity index (χ1v) is 26.3. The van der Waals surface area contributed by atoms with Gasteiger partial charge in [0.2, 0.25) is 0 Å². The van der Waals surface area contributed by atoms with Crippen LogP contribution in [0.2, 0.25) is 0 Å². The Labute approximate surface area is 368 Å². The molecule has 13 nitrogen and oxygen atoms in total. The van der Waals surface area contributed by atoms with Crippen molar-refractivity contribution >= 4 is 140 Å². The van der Waals surface area contributed by atoms with Crippen LogP contribution in [0.3, 0.4) is 0 Å². The molecule has 0 aliphatic carbocycles. The molecule has 2 unspecified atom stereocenters. The van der Waals surface area contributed by atoms with Crippen molar-refractivity contribution < 1.29 is 53.4 Å². The Balaban J connectivity index is 1.74. The van der Waals surface area contributed by atoms with Crippen molar-refractivity contribution in [2.45, 2.75) is 81.0 Å². The summed E-state index contributed by atoms with van der Waals surface area (Å²) in [7, 11) is -13.7. The second-order valence-electron chi connectivity index (χ2n) is 12.9. The fraction of sp³-hybridized carbons (Fsp3) is 0.371. The van der Waals surface area contributed by atoms with E-state index in [1.54, 1.807) is 44.2 Å². The van der Waals surface area contributed by atoms with Crippen LogP contribution in [-0.4, -0.2) is 75.6 Å². The first kappa shape index (κ1) is 46.5. The van der Waals surface area contributed by atoms with Crippen LogP contribution in [0.15, 0.2) is 71.3 Å². The number of aryl methyl sites for hydroxylation is 1. The molecule has 300 valence electrons. The van der Waals surface area contributed by atoms with Crippen LogP contribution in [0.5, 0.6) is 0 Å². The molecule has 0 radical (unpaired) electrons. The minimum atomic E-state index is -4.88. The van der Waals surface area contributed by atoms with E-state index in [-0.39, 0.29) is 45.9 Å². The number of anilines is 1. The molecule has 0 saturated heterocycles. The van der Waals surface area contributed by atoms with Crippen molar-refractivity contribution in [1.29, 1.82) is 0 Å². The average molecular weight is 1220 g/mol. The number of rotatable bonds is 18. The molecule has 2 heterocycles. The number of carboxylic acid groups (broad SMARTS) is 1. The van der Waals surface area contributed by atoms with Crippen LogP contribution in [-0.2, 0) is 47.1 Å². The van der Waals surface area contributed by atoms with Gasteiger partial charge in [-0.1, -0.05) is 13.3 Å². The molecular weight excluding hydrogens is 1180 g/mol. The van der Waals surface area contributed by atoms with Gasteiger partial charge in [0, 0.05) is 6.42 Å². The van der Waals surface area contributed by atoms with Crippen LogP contribution < -0.4 is 9.47 Å². The normalized spacial score (nSPS) is 18.1. The van der Waals surface area contributed by atoms with Crippen molar-refractivity contribution in [3.63, 3.8) is 0 Å². The van der Waals surface area contributed by atoms with E-state index in [9.17, 15) is 48.8 Å². The zero-order valence-electron chi connectivity index (χ0n) is 29.6. The Morgan fingerprint density at radius 2 is 1.65 bits per heavy atom. The molecule has 2 aromatic carbocycles. The summed E-state index contributed by atoms with van der Waals surface area (Å²) in [6, 6.07) is 5.80. The van der Waals surface area contributed by atoms with Crippen LogP contribution in [0.4, 0.5) is 5.69 Å². The topological polar surface area (TPSA) is 210 Å². The summed E-state index contributed by atoms with van der Waals surface area (Å²) in [4.78, 5) is 12.2. The van der Waals surface area contributed by atoms with E-state index in [0.717, 1.165) is 26.9 Å². The number of nitrogens with zero attached hydrogens (tertiary/aromatic N) is 2. The predicted molar refractivity (Wildman–Crippen MR) is 236 cm³/mol. The quantitative estimate of drug-likeness (QED) is 0.0233. The SMILES string of the molecule is CCCC(N1\C(=C/C=C/C=C/C=C/c2[se]c3c(I)c(I)c(I)cc3[n+]2CCCS(=O)(=O)O)C(C)(CCCCC(=O)O)c2cc(S(=O)(=O)[O-])ccc21)S(=O)(=O)O. The van der Waals surface area contributed by atoms with Crippen molar-refractivity contribution in [3.05, 3.63) is 87.3 Å². The molecule has 0 bridgehead atoms. The molecule has 0 amide bonds. The van der Waals surface area contributed by atoms with E-state index in [1.165, 1.54) is 21.3 Å². The molecule has 20 heteroatoms. The number of benzene rings is 2. The van der Waals surface area contributed by atoms with Gasteiger partial charge in [0.25, 0.3) is 0 Å². The zero-order chi connectivity index (χ0) is 40.9. The molecule has 4 rings (SSSR count). The molecule has 0 spiro atoms. The number of fused-ring (bicyclic) bond motifs is 2. The number of aliphatic carboxylic acids is 1. The fourth-order valence-electron chi connectivity index (χ4n) is 6.49. The first-order chi connectivity index (χ1) is 25.6. The van der Waals surface area contributed by atoms with Gasteiger partial charge in [-0.15, -0.1) is 0 Å². The number of allylic oxidation sites excluding steroid dienone is 7. The van der Waals surface area contributed by atoms with E-state index >= 15 is 0 Å². The number of unbranched alkanes of at least 4 members (excludes halogenated alkanes) is 1. The van der Waals surface area contributed by atoms with E-state index < -0.39 is 52.0 Å². The summed E-state index contributed by atoms with van der Waals surface area (Å²) in [5, 5.41) is 7.79. The van der Waals surface area contributed by atoms with Crippen molar-refractivity contribution in [3.8, 4) is 0 Å². The van der Waals surface area contributed by atoms with Crippen LogP contribution in [0.25, 0.3) is 15.9 Å². The van der Waals surface area contributed by atoms with E-state index in [2.05, 4.69) is 78.4 Å². The van der Waals surface area contributed by atoms with Gasteiger partial charge in [0.1, 0.15) is 10.1 Å². The molecule has 0 saturated carbocycles. The van der Waals surface area contributed by atoms with Crippen LogP contribution in [0, 0.1) is 10.7 Å². The van der Waals surface area contributed by atoms with Gasteiger partial charge in [0.05, 0.1) is 4.90 Å². The minimum absolute atomic E-state index is 0.0368. The van der Waals surface area contributed by atoms with E-state index in [1.807, 2.05) is 12.2 Å². The molecule has 1 aromatic heterocycles. The number of carbonyl (C=O) groups is 1. The summed E-state index contributed by atoms with van der Waals surface area (Å²) in [5.74, 6) is -1.33. The fourth-order valence-corrected chi connectivity index (χ4v) is 13.9. The Bertz CT molecular complexity index is 2410. The third-order valence-corrected chi connectivity index (χ3v) is 20.2. The monoisotopic (exact) mass is 1220 g/mol. The molecule has 1 aliphatic heterocycles. The number of halogens is 3. The minimum Gasteiger partial charge on any atom is -0.284 e. The zero-order valence-corrected chi connectivity index (χ0v) is 40.2. The smallest absolute Gasteiger partial charge is 0.284 e. The molecule has 55 heavy (non-hydrogen) atoms. The second kappa shape index (κ2) is 19.2. The standard InChI is InChI=1S/C35H39I3N2O11S3Se/c1-3-12-29(54(49,50)51)40-26-17-16-23(53(46,47)48)21-24(26)35(2,18-10-9-15-31(41)42)28(40)13-7-5-4-6-8-14-30-39(19-11-20-52(43,44)45)27-22-25(36)32(37)33(38)34(27)55-30/h4-8,13-14,16-17,21-22,29H,3,9-12,15,18-20H2,1-2H3,(H3-,41,42,43,44,45,46,47,48,49,50,51). The Morgan fingerprint density at radius 3 is 2.27 bits per heavy atom. The van der Waals surface area contributed by atoms with Crippen LogP contribution >= 0.6 is 67.8 Å². The first-order valence-electron chi connectivity index (χ1n) is 16.8. The van der Waals surface area contributed by atoms with Gasteiger partial charge < -0.3 is 9.66 Å². The molecule has 2 atom stereocenters. The second-order valence-corrected chi connectivity index (χ2v) is 22.9. The molecule has 0 fully saturated rings. The van der Waals surface area contributed by atoms with E-state index in [4.69, 9.17) is 0 Å². The number of carboxylic acids is 1. The third kappa shape index (κ3) is 11.7.